The molecule has 1 fully saturated rings. The van der Waals surface area contributed by atoms with E-state index >= 15 is 0 Å². The number of hydrogen-bond donors (Lipinski definition) is 1. The monoisotopic (exact) mass is 458 g/mol. The van der Waals surface area contributed by atoms with Crippen molar-refractivity contribution in [2.24, 2.45) is 0 Å². The van der Waals surface area contributed by atoms with Crippen molar-refractivity contribution in [3.63, 3.8) is 0 Å². The molecule has 1 heterocycles. The van der Waals surface area contributed by atoms with Gasteiger partial charge < -0.3 is 19.3 Å². The van der Waals surface area contributed by atoms with Crippen molar-refractivity contribution in [3.8, 4) is 0 Å². The Balaban J connectivity index is -0.0000000418. The summed E-state index contributed by atoms with van der Waals surface area (Å²) < 4.78 is 16.1. The molecule has 5 heteroatoms. The van der Waals surface area contributed by atoms with Gasteiger partial charge in [-0.25, -0.2) is 0 Å². The van der Waals surface area contributed by atoms with E-state index in [1.54, 1.807) is 6.92 Å². The summed E-state index contributed by atoms with van der Waals surface area (Å²) in [6, 6.07) is 0. The third-order valence-electron chi connectivity index (χ3n) is 3.84. The van der Waals surface area contributed by atoms with Gasteiger partial charge in [0.15, 0.2) is 6.29 Å². The maximum Gasteiger partial charge on any atom is 0.302 e. The summed E-state index contributed by atoms with van der Waals surface area (Å²) in [4.78, 5) is 10.2. The Labute approximate surface area is 199 Å². The van der Waals surface area contributed by atoms with Crippen LogP contribution >= 0.6 is 0 Å². The first kappa shape index (κ1) is 52.3. The molecule has 0 aromatic heterocycles. The molecule has 5 unspecified atom stereocenters. The maximum atomic E-state index is 10.2. The van der Waals surface area contributed by atoms with E-state index in [9.17, 15) is 4.79 Å². The third-order valence-corrected chi connectivity index (χ3v) is 3.84. The number of esters is 1. The molecule has 5 nitrogen and oxygen atoms in total. The van der Waals surface area contributed by atoms with Crippen LogP contribution in [0.5, 0.6) is 0 Å². The second-order valence-corrected chi connectivity index (χ2v) is 6.65. The topological polar surface area (TPSA) is 65.0 Å². The predicted molar refractivity (Wildman–Crippen MR) is 143 cm³/mol. The van der Waals surface area contributed by atoms with E-state index in [1.807, 2.05) is 20.8 Å². The lowest BCUT2D eigenvalue weighted by molar-refractivity contribution is -0.240. The number of hydrogen-bond acceptors (Lipinski definition) is 5. The highest BCUT2D eigenvalue weighted by atomic mass is 16.7. The standard InChI is InChI=1S/C10H20O2.C6H12O2.C4H10O.6CH4/c1-4-6-10-11-8(3)7-9(5-2)12-10;1-4-5(2)8-6(3)7;1-3-4(2)5;;;;;;/h8-10H,4-7H2,1-3H3;5H,4H2,1-3H3;4-5H,3H2,1-2H3;6*1H4. The summed E-state index contributed by atoms with van der Waals surface area (Å²) in [6.07, 6.45) is 6.88. The second kappa shape index (κ2) is 34.0. The van der Waals surface area contributed by atoms with Crippen molar-refractivity contribution in [2.45, 2.75) is 169 Å². The Hall–Kier alpha value is -0.650. The number of aliphatic hydroxyl groups excluding tert-OH is 1. The van der Waals surface area contributed by atoms with E-state index in [2.05, 4.69) is 20.8 Å². The molecule has 0 aromatic rings. The van der Waals surface area contributed by atoms with Gasteiger partial charge in [0, 0.05) is 6.92 Å². The average Bonchev–Trinajstić information content (AvgIpc) is 2.55. The van der Waals surface area contributed by atoms with Crippen molar-refractivity contribution in [3.05, 3.63) is 0 Å². The van der Waals surface area contributed by atoms with Crippen molar-refractivity contribution < 1.29 is 24.1 Å². The van der Waals surface area contributed by atoms with Gasteiger partial charge in [0.25, 0.3) is 0 Å². The Morgan fingerprint density at radius 1 is 0.968 bits per heavy atom. The summed E-state index contributed by atoms with van der Waals surface area (Å²) in [6.45, 7) is 15.5. The smallest absolute Gasteiger partial charge is 0.302 e. The molecule has 5 atom stereocenters. The van der Waals surface area contributed by atoms with Crippen LogP contribution < -0.4 is 0 Å². The molecule has 0 spiro atoms. The molecule has 0 radical (unpaired) electrons. The van der Waals surface area contributed by atoms with Gasteiger partial charge in [-0.1, -0.05) is 78.7 Å². The molecule has 0 aliphatic carbocycles. The average molecular weight is 459 g/mol. The van der Waals surface area contributed by atoms with Gasteiger partial charge in [-0.2, -0.15) is 0 Å². The highest BCUT2D eigenvalue weighted by molar-refractivity contribution is 5.66. The molecule has 0 saturated carbocycles. The SMILES string of the molecule is C.C.C.C.C.C.CCC(C)O.CCC(C)OC(C)=O.CCCC1OC(C)CC(CC)O1. The fourth-order valence-electron chi connectivity index (χ4n) is 1.99. The van der Waals surface area contributed by atoms with E-state index in [-0.39, 0.29) is 69.0 Å². The number of carbonyl (C=O) groups excluding carboxylic acids is 1. The first-order valence-corrected chi connectivity index (χ1v) is 9.85. The van der Waals surface area contributed by atoms with Gasteiger partial charge in [-0.05, 0) is 52.9 Å². The molecular weight excluding hydrogens is 392 g/mol. The minimum absolute atomic E-state index is 0. The van der Waals surface area contributed by atoms with Crippen LogP contribution in [0.25, 0.3) is 0 Å². The molecule has 31 heavy (non-hydrogen) atoms. The summed E-state index contributed by atoms with van der Waals surface area (Å²) in [7, 11) is 0. The van der Waals surface area contributed by atoms with Crippen LogP contribution in [-0.2, 0) is 19.0 Å². The van der Waals surface area contributed by atoms with E-state index in [4.69, 9.17) is 19.3 Å². The minimum Gasteiger partial charge on any atom is -0.463 e. The summed E-state index contributed by atoms with van der Waals surface area (Å²) >= 11 is 0. The van der Waals surface area contributed by atoms with E-state index in [1.165, 1.54) is 6.92 Å². The zero-order chi connectivity index (χ0) is 19.8. The van der Waals surface area contributed by atoms with Gasteiger partial charge >= 0.3 is 5.97 Å². The fraction of sp³-hybridized carbons (Fsp3) is 0.962. The molecule has 1 saturated heterocycles. The third kappa shape index (κ3) is 37.0. The van der Waals surface area contributed by atoms with Crippen molar-refractivity contribution >= 4 is 5.97 Å². The van der Waals surface area contributed by atoms with Gasteiger partial charge in [0.05, 0.1) is 24.4 Å². The Morgan fingerprint density at radius 2 is 1.42 bits per heavy atom. The number of rotatable bonds is 6. The molecular formula is C26H66O5. The second-order valence-electron chi connectivity index (χ2n) is 6.65. The van der Waals surface area contributed by atoms with Crippen molar-refractivity contribution in [1.29, 1.82) is 0 Å². The zero-order valence-electron chi connectivity index (χ0n) is 17.7. The van der Waals surface area contributed by atoms with Crippen LogP contribution in [0.3, 0.4) is 0 Å². The van der Waals surface area contributed by atoms with Crippen LogP contribution in [0, 0.1) is 0 Å². The molecule has 1 N–H and O–H groups in total. The largest absolute Gasteiger partial charge is 0.463 e. The highest BCUT2D eigenvalue weighted by Gasteiger charge is 2.25. The van der Waals surface area contributed by atoms with E-state index in [0.717, 1.165) is 38.5 Å². The summed E-state index contributed by atoms with van der Waals surface area (Å²) in [5, 5.41) is 8.36. The van der Waals surface area contributed by atoms with Crippen LogP contribution in [0.4, 0.5) is 0 Å². The first-order valence-electron chi connectivity index (χ1n) is 9.85. The van der Waals surface area contributed by atoms with Crippen molar-refractivity contribution in [2.75, 3.05) is 0 Å². The Morgan fingerprint density at radius 3 is 1.68 bits per heavy atom. The Kier molecular flexibility index (Phi) is 57.4. The van der Waals surface area contributed by atoms with Gasteiger partial charge in [0.2, 0.25) is 0 Å². The van der Waals surface area contributed by atoms with E-state index in [0.29, 0.717) is 12.2 Å². The highest BCUT2D eigenvalue weighted by Crippen LogP contribution is 2.22. The normalized spacial score (nSPS) is 20.0. The summed E-state index contributed by atoms with van der Waals surface area (Å²) in [5.74, 6) is -0.195. The molecule has 1 rings (SSSR count). The molecule has 0 aromatic carbocycles. The Bertz CT molecular complexity index is 308. The van der Waals surface area contributed by atoms with Crippen LogP contribution in [0.2, 0.25) is 0 Å². The fourth-order valence-corrected chi connectivity index (χ4v) is 1.99. The van der Waals surface area contributed by atoms with Crippen LogP contribution in [0.1, 0.15) is 138 Å². The van der Waals surface area contributed by atoms with Gasteiger partial charge in [0.1, 0.15) is 0 Å². The van der Waals surface area contributed by atoms with Crippen LogP contribution in [0.15, 0.2) is 0 Å². The molecule has 1 aliphatic rings. The number of aliphatic hydroxyl groups is 1. The predicted octanol–water partition coefficient (Wildman–Crippen LogP) is 8.66. The minimum atomic E-state index is -0.195. The van der Waals surface area contributed by atoms with Gasteiger partial charge in [-0.15, -0.1) is 0 Å². The lowest BCUT2D eigenvalue weighted by Gasteiger charge is -2.33. The quantitative estimate of drug-likeness (QED) is 0.403. The maximum absolute atomic E-state index is 10.2. The van der Waals surface area contributed by atoms with Gasteiger partial charge in [-0.3, -0.25) is 4.79 Å². The van der Waals surface area contributed by atoms with Crippen LogP contribution in [-0.4, -0.2) is 41.8 Å². The lowest BCUT2D eigenvalue weighted by atomic mass is 10.1. The molecule has 1 aliphatic heterocycles. The van der Waals surface area contributed by atoms with Crippen molar-refractivity contribution in [1.82, 2.24) is 0 Å². The molecule has 200 valence electrons. The molecule has 0 bridgehead atoms. The molecule has 0 amide bonds. The van der Waals surface area contributed by atoms with E-state index < -0.39 is 0 Å². The number of ether oxygens (including phenoxy) is 3. The zero-order valence-corrected chi connectivity index (χ0v) is 17.7. The summed E-state index contributed by atoms with van der Waals surface area (Å²) in [5.41, 5.74) is 0. The first-order chi connectivity index (χ1) is 11.7. The number of carbonyl (C=O) groups is 1. The lowest BCUT2D eigenvalue weighted by Crippen LogP contribution is -2.36.